The van der Waals surface area contributed by atoms with Crippen LogP contribution in [0.4, 0.5) is 4.79 Å². The van der Waals surface area contributed by atoms with Crippen LogP contribution in [0.1, 0.15) is 12.0 Å². The molecule has 126 valence electrons. The highest BCUT2D eigenvalue weighted by Crippen LogP contribution is 2.21. The van der Waals surface area contributed by atoms with Gasteiger partial charge in [0, 0.05) is 54.9 Å². The van der Waals surface area contributed by atoms with Crippen LogP contribution in [-0.2, 0) is 16.6 Å². The Kier molecular flexibility index (Phi) is 4.55. The van der Waals surface area contributed by atoms with E-state index in [4.69, 9.17) is 4.74 Å². The minimum absolute atomic E-state index is 0.0335. The van der Waals surface area contributed by atoms with E-state index in [0.29, 0.717) is 13.1 Å². The van der Waals surface area contributed by atoms with Gasteiger partial charge in [-0.2, -0.15) is 0 Å². The van der Waals surface area contributed by atoms with E-state index in [2.05, 4.69) is 5.32 Å². The number of nitrogens with zero attached hydrogens (tertiary/aromatic N) is 2. The van der Waals surface area contributed by atoms with Crippen molar-refractivity contribution in [3.8, 4) is 0 Å². The number of carbonyl (C=O) groups excluding carboxylic acids is 2. The number of hydrogen-bond acceptors (Lipinski definition) is 3. The fraction of sp³-hybridized carbons (Fsp3) is 0.333. The second-order valence-electron chi connectivity index (χ2n) is 5.96. The van der Waals surface area contributed by atoms with Crippen LogP contribution in [0.5, 0.6) is 0 Å². The minimum atomic E-state index is -0.349. The number of nitrogens with one attached hydrogen (secondary N) is 1. The number of hydrogen-bond donors (Lipinski definition) is 1. The van der Waals surface area contributed by atoms with Gasteiger partial charge in [-0.25, -0.2) is 4.79 Å². The lowest BCUT2D eigenvalue weighted by molar-refractivity contribution is -0.117. The lowest BCUT2D eigenvalue weighted by Crippen LogP contribution is -2.37. The summed E-state index contributed by atoms with van der Waals surface area (Å²) in [6.45, 7) is 1.09. The second-order valence-corrected chi connectivity index (χ2v) is 5.96. The van der Waals surface area contributed by atoms with Crippen LogP contribution in [0.25, 0.3) is 17.0 Å². The maximum atomic E-state index is 12.1. The molecule has 1 fully saturated rings. The van der Waals surface area contributed by atoms with Crippen molar-refractivity contribution in [2.24, 2.45) is 7.05 Å². The fourth-order valence-electron chi connectivity index (χ4n) is 3.09. The summed E-state index contributed by atoms with van der Waals surface area (Å²) in [5, 5.41) is 4.04. The van der Waals surface area contributed by atoms with Gasteiger partial charge in [-0.3, -0.25) is 4.79 Å². The van der Waals surface area contributed by atoms with Crippen molar-refractivity contribution in [3.63, 3.8) is 0 Å². The molecule has 1 unspecified atom stereocenters. The van der Waals surface area contributed by atoms with E-state index in [1.165, 1.54) is 7.11 Å². The number of aryl methyl sites for hydroxylation is 1. The van der Waals surface area contributed by atoms with Crippen molar-refractivity contribution < 1.29 is 14.3 Å². The molecule has 0 bridgehead atoms. The Bertz CT molecular complexity index is 794. The van der Waals surface area contributed by atoms with Crippen LogP contribution in [0, 0.1) is 0 Å². The number of aromatic nitrogens is 1. The molecule has 0 radical (unpaired) electrons. The van der Waals surface area contributed by atoms with Gasteiger partial charge in [0.1, 0.15) is 0 Å². The van der Waals surface area contributed by atoms with Crippen molar-refractivity contribution in [2.45, 2.75) is 12.5 Å². The van der Waals surface area contributed by atoms with Gasteiger partial charge in [-0.05, 0) is 18.6 Å². The number of carbonyl (C=O) groups is 2. The largest absolute Gasteiger partial charge is 0.453 e. The monoisotopic (exact) mass is 327 g/mol. The number of methoxy groups -OCH3 is 1. The van der Waals surface area contributed by atoms with E-state index in [0.717, 1.165) is 22.9 Å². The minimum Gasteiger partial charge on any atom is -0.453 e. The van der Waals surface area contributed by atoms with Crippen LogP contribution >= 0.6 is 0 Å². The number of para-hydroxylation sites is 1. The lowest BCUT2D eigenvalue weighted by atomic mass is 10.1. The molecule has 1 N–H and O–H groups in total. The number of rotatable bonds is 3. The molecule has 1 aliphatic heterocycles. The summed E-state index contributed by atoms with van der Waals surface area (Å²) in [6, 6.07) is 8.04. The van der Waals surface area contributed by atoms with E-state index >= 15 is 0 Å². The van der Waals surface area contributed by atoms with Crippen molar-refractivity contribution in [1.29, 1.82) is 0 Å². The third-order valence-electron chi connectivity index (χ3n) is 4.31. The zero-order chi connectivity index (χ0) is 17.1. The Morgan fingerprint density at radius 3 is 2.92 bits per heavy atom. The highest BCUT2D eigenvalue weighted by Gasteiger charge is 2.27. The van der Waals surface area contributed by atoms with Crippen molar-refractivity contribution in [1.82, 2.24) is 14.8 Å². The molecule has 6 heteroatoms. The van der Waals surface area contributed by atoms with Gasteiger partial charge >= 0.3 is 6.09 Å². The zero-order valence-electron chi connectivity index (χ0n) is 13.9. The molecule has 1 aromatic carbocycles. The first kappa shape index (κ1) is 16.1. The summed E-state index contributed by atoms with van der Waals surface area (Å²) in [5.41, 5.74) is 2.13. The van der Waals surface area contributed by atoms with E-state index in [-0.39, 0.29) is 18.0 Å². The molecule has 2 aromatic rings. The van der Waals surface area contributed by atoms with Gasteiger partial charge in [0.15, 0.2) is 0 Å². The normalized spacial score (nSPS) is 17.6. The maximum absolute atomic E-state index is 12.1. The predicted octanol–water partition coefficient (Wildman–Crippen LogP) is 2.15. The molecule has 1 aromatic heterocycles. The van der Waals surface area contributed by atoms with Crippen molar-refractivity contribution >= 4 is 29.0 Å². The molecule has 0 spiro atoms. The van der Waals surface area contributed by atoms with E-state index in [9.17, 15) is 9.59 Å². The summed E-state index contributed by atoms with van der Waals surface area (Å²) in [5.74, 6) is -0.153. The Balaban J connectivity index is 1.62. The van der Waals surface area contributed by atoms with Crippen LogP contribution in [0.2, 0.25) is 0 Å². The number of fused-ring (bicyclic) bond motifs is 1. The molecule has 1 aliphatic rings. The SMILES string of the molecule is COC(=O)N1CCC(NC(=O)/C=C/c2cn(C)c3ccccc23)C1. The van der Waals surface area contributed by atoms with E-state index < -0.39 is 0 Å². The average Bonchev–Trinajstić information content (AvgIpc) is 3.18. The summed E-state index contributed by atoms with van der Waals surface area (Å²) in [4.78, 5) is 25.2. The molecule has 6 nitrogen and oxygen atoms in total. The quantitative estimate of drug-likeness (QED) is 0.879. The van der Waals surface area contributed by atoms with Crippen LogP contribution in [0.15, 0.2) is 36.5 Å². The zero-order valence-corrected chi connectivity index (χ0v) is 13.9. The van der Waals surface area contributed by atoms with Gasteiger partial charge in [0.25, 0.3) is 0 Å². The van der Waals surface area contributed by atoms with Crippen LogP contribution in [0.3, 0.4) is 0 Å². The van der Waals surface area contributed by atoms with Gasteiger partial charge in [0.05, 0.1) is 7.11 Å². The molecule has 0 saturated carbocycles. The molecular formula is C18H21N3O3. The predicted molar refractivity (Wildman–Crippen MR) is 92.5 cm³/mol. The van der Waals surface area contributed by atoms with Crippen LogP contribution < -0.4 is 5.32 Å². The lowest BCUT2D eigenvalue weighted by Gasteiger charge is -2.14. The van der Waals surface area contributed by atoms with Crippen molar-refractivity contribution in [3.05, 3.63) is 42.1 Å². The fourth-order valence-corrected chi connectivity index (χ4v) is 3.09. The molecule has 0 aliphatic carbocycles. The van der Waals surface area contributed by atoms with E-state index in [1.807, 2.05) is 48.2 Å². The van der Waals surface area contributed by atoms with Gasteiger partial charge in [-0.1, -0.05) is 18.2 Å². The topological polar surface area (TPSA) is 63.6 Å². The molecule has 3 rings (SSSR count). The third kappa shape index (κ3) is 3.27. The number of likely N-dealkylation sites (tertiary alicyclic amines) is 1. The first-order chi connectivity index (χ1) is 11.6. The second kappa shape index (κ2) is 6.78. The van der Waals surface area contributed by atoms with E-state index in [1.54, 1.807) is 11.0 Å². The summed E-state index contributed by atoms with van der Waals surface area (Å²) < 4.78 is 6.73. The highest BCUT2D eigenvalue weighted by molar-refractivity contribution is 5.96. The number of amides is 2. The van der Waals surface area contributed by atoms with Crippen molar-refractivity contribution in [2.75, 3.05) is 20.2 Å². The number of ether oxygens (including phenoxy) is 1. The van der Waals surface area contributed by atoms with Crippen LogP contribution in [-0.4, -0.2) is 47.7 Å². The summed E-state index contributed by atoms with van der Waals surface area (Å²) >= 11 is 0. The van der Waals surface area contributed by atoms with Gasteiger partial charge in [-0.15, -0.1) is 0 Å². The smallest absolute Gasteiger partial charge is 0.409 e. The molecule has 1 atom stereocenters. The summed E-state index contributed by atoms with van der Waals surface area (Å²) in [6.07, 6.45) is 5.76. The molecule has 24 heavy (non-hydrogen) atoms. The third-order valence-corrected chi connectivity index (χ3v) is 4.31. The molecular weight excluding hydrogens is 306 g/mol. The first-order valence-electron chi connectivity index (χ1n) is 7.94. The Morgan fingerprint density at radius 1 is 1.33 bits per heavy atom. The molecule has 1 saturated heterocycles. The summed E-state index contributed by atoms with van der Waals surface area (Å²) in [7, 11) is 3.35. The Morgan fingerprint density at radius 2 is 2.12 bits per heavy atom. The molecule has 2 amide bonds. The first-order valence-corrected chi connectivity index (χ1v) is 7.94. The standard InChI is InChI=1S/C18H21N3O3/c1-20-11-13(15-5-3-4-6-16(15)20)7-8-17(22)19-14-9-10-21(12-14)18(23)24-2/h3-8,11,14H,9-10,12H2,1-2H3,(H,19,22)/b8-7+. The Hall–Kier alpha value is -2.76. The maximum Gasteiger partial charge on any atom is 0.409 e. The Labute approximate surface area is 140 Å². The van der Waals surface area contributed by atoms with Gasteiger partial charge < -0.3 is 19.5 Å². The molecule has 2 heterocycles. The highest BCUT2D eigenvalue weighted by atomic mass is 16.5. The van der Waals surface area contributed by atoms with Gasteiger partial charge in [0.2, 0.25) is 5.91 Å². The number of benzene rings is 1. The average molecular weight is 327 g/mol.